The lowest BCUT2D eigenvalue weighted by Crippen LogP contribution is -2.37. The van der Waals surface area contributed by atoms with E-state index in [0.29, 0.717) is 10.9 Å². The fourth-order valence-corrected chi connectivity index (χ4v) is 2.84. The van der Waals surface area contributed by atoms with E-state index >= 15 is 0 Å². The second-order valence-corrected chi connectivity index (χ2v) is 5.43. The smallest absolute Gasteiger partial charge is 0.139 e. The number of aliphatic hydroxyl groups is 1. The van der Waals surface area contributed by atoms with Crippen LogP contribution in [0, 0.1) is 5.92 Å². The van der Waals surface area contributed by atoms with Crippen molar-refractivity contribution >= 4 is 28.3 Å². The third kappa shape index (κ3) is 2.51. The lowest BCUT2D eigenvalue weighted by atomic mass is 9.99. The molecule has 5 heteroatoms. The lowest BCUT2D eigenvalue weighted by molar-refractivity contribution is 0.208. The molecule has 0 spiro atoms. The number of nitrogens with zero attached hydrogens (tertiary/aromatic N) is 3. The van der Waals surface area contributed by atoms with Crippen LogP contribution in [0.25, 0.3) is 10.9 Å². The highest BCUT2D eigenvalue weighted by atomic mass is 35.5. The van der Waals surface area contributed by atoms with Crippen molar-refractivity contribution < 1.29 is 5.11 Å². The monoisotopic (exact) mass is 277 g/mol. The normalized spacial score (nSPS) is 19.9. The number of aromatic nitrogens is 2. The fraction of sp³-hybridized carbons (Fsp3) is 0.429. The molecule has 0 aliphatic carbocycles. The maximum atomic E-state index is 9.33. The average molecular weight is 278 g/mol. The number of fused-ring (bicyclic) bond motifs is 1. The Morgan fingerprint density at radius 2 is 2.26 bits per heavy atom. The first-order chi connectivity index (χ1) is 9.28. The first-order valence-corrected chi connectivity index (χ1v) is 6.92. The van der Waals surface area contributed by atoms with Crippen molar-refractivity contribution in [3.63, 3.8) is 0 Å². The standard InChI is InChI=1S/C14H16ClN3O/c15-11-3-4-12-13(6-11)16-9-17-14(12)18-5-1-2-10(7-18)8-19/h3-4,6,9-10,19H,1-2,5,7-8H2/t10-/m1/s1. The second-order valence-electron chi connectivity index (χ2n) is 5.00. The number of anilines is 1. The number of hydrogen-bond acceptors (Lipinski definition) is 4. The fourth-order valence-electron chi connectivity index (χ4n) is 2.67. The molecule has 1 aliphatic rings. The van der Waals surface area contributed by atoms with Gasteiger partial charge in [-0.2, -0.15) is 0 Å². The van der Waals surface area contributed by atoms with E-state index in [1.165, 1.54) is 0 Å². The van der Waals surface area contributed by atoms with E-state index in [1.807, 2.05) is 18.2 Å². The molecule has 0 bridgehead atoms. The molecular weight excluding hydrogens is 262 g/mol. The Bertz CT molecular complexity index is 590. The second kappa shape index (κ2) is 5.31. The number of piperidine rings is 1. The molecule has 0 saturated carbocycles. The van der Waals surface area contributed by atoms with Gasteiger partial charge in [-0.25, -0.2) is 9.97 Å². The van der Waals surface area contributed by atoms with Gasteiger partial charge in [0.2, 0.25) is 0 Å². The summed E-state index contributed by atoms with van der Waals surface area (Å²) in [6.07, 6.45) is 3.75. The van der Waals surface area contributed by atoms with Crippen LogP contribution >= 0.6 is 11.6 Å². The third-order valence-electron chi connectivity index (χ3n) is 3.65. The zero-order valence-corrected chi connectivity index (χ0v) is 11.3. The van der Waals surface area contributed by atoms with Crippen molar-refractivity contribution in [1.29, 1.82) is 0 Å². The molecule has 0 amide bonds. The minimum absolute atomic E-state index is 0.241. The zero-order chi connectivity index (χ0) is 13.2. The topological polar surface area (TPSA) is 49.2 Å². The van der Waals surface area contributed by atoms with E-state index in [2.05, 4.69) is 14.9 Å². The highest BCUT2D eigenvalue weighted by Crippen LogP contribution is 2.28. The largest absolute Gasteiger partial charge is 0.396 e. The van der Waals surface area contributed by atoms with Gasteiger partial charge in [0.25, 0.3) is 0 Å². The van der Waals surface area contributed by atoms with E-state index < -0.39 is 0 Å². The summed E-state index contributed by atoms with van der Waals surface area (Å²) in [5.41, 5.74) is 0.864. The highest BCUT2D eigenvalue weighted by molar-refractivity contribution is 6.31. The summed E-state index contributed by atoms with van der Waals surface area (Å²) in [7, 11) is 0. The van der Waals surface area contributed by atoms with Crippen LogP contribution in [0.2, 0.25) is 5.02 Å². The van der Waals surface area contributed by atoms with E-state index in [1.54, 1.807) is 6.33 Å². The van der Waals surface area contributed by atoms with Crippen LogP contribution < -0.4 is 4.90 Å². The van der Waals surface area contributed by atoms with Crippen LogP contribution in [-0.2, 0) is 0 Å². The molecule has 1 fully saturated rings. The van der Waals surface area contributed by atoms with Gasteiger partial charge in [-0.1, -0.05) is 11.6 Å². The minimum Gasteiger partial charge on any atom is -0.396 e. The van der Waals surface area contributed by atoms with Crippen LogP contribution in [0.15, 0.2) is 24.5 Å². The van der Waals surface area contributed by atoms with E-state index in [9.17, 15) is 5.11 Å². The Hall–Kier alpha value is -1.39. The molecule has 0 radical (unpaired) electrons. The van der Waals surface area contributed by atoms with Crippen molar-refractivity contribution in [1.82, 2.24) is 9.97 Å². The lowest BCUT2D eigenvalue weighted by Gasteiger charge is -2.33. The van der Waals surface area contributed by atoms with E-state index in [4.69, 9.17) is 11.6 Å². The molecule has 2 heterocycles. The molecule has 1 aromatic heterocycles. The van der Waals surface area contributed by atoms with Crippen molar-refractivity contribution in [3.05, 3.63) is 29.5 Å². The maximum absolute atomic E-state index is 9.33. The number of aliphatic hydroxyl groups excluding tert-OH is 1. The Morgan fingerprint density at radius 1 is 1.37 bits per heavy atom. The first-order valence-electron chi connectivity index (χ1n) is 6.54. The average Bonchev–Trinajstić information content (AvgIpc) is 2.46. The van der Waals surface area contributed by atoms with Crippen molar-refractivity contribution in [2.45, 2.75) is 12.8 Å². The molecule has 1 aromatic carbocycles. The maximum Gasteiger partial charge on any atom is 0.139 e. The molecule has 1 saturated heterocycles. The molecule has 2 aromatic rings. The van der Waals surface area contributed by atoms with Gasteiger partial charge in [0.1, 0.15) is 12.1 Å². The van der Waals surface area contributed by atoms with E-state index in [-0.39, 0.29) is 6.61 Å². The molecule has 19 heavy (non-hydrogen) atoms. The van der Waals surface area contributed by atoms with Crippen molar-refractivity contribution in [2.75, 3.05) is 24.6 Å². The molecule has 1 atom stereocenters. The summed E-state index contributed by atoms with van der Waals surface area (Å²) in [5, 5.41) is 11.0. The van der Waals surface area contributed by atoms with Crippen molar-refractivity contribution in [2.24, 2.45) is 5.92 Å². The van der Waals surface area contributed by atoms with Crippen LogP contribution in [-0.4, -0.2) is 34.8 Å². The summed E-state index contributed by atoms with van der Waals surface area (Å²) in [6, 6.07) is 5.69. The minimum atomic E-state index is 0.241. The van der Waals surface area contributed by atoms with Gasteiger partial charge >= 0.3 is 0 Å². The Morgan fingerprint density at radius 3 is 3.11 bits per heavy atom. The quantitative estimate of drug-likeness (QED) is 0.916. The molecule has 0 unspecified atom stereocenters. The summed E-state index contributed by atoms with van der Waals surface area (Å²) in [6.45, 7) is 2.07. The number of halogens is 1. The van der Waals surface area contributed by atoms with Gasteiger partial charge in [-0.15, -0.1) is 0 Å². The van der Waals surface area contributed by atoms with Crippen LogP contribution in [0.5, 0.6) is 0 Å². The summed E-state index contributed by atoms with van der Waals surface area (Å²) in [5.74, 6) is 1.28. The predicted octanol–water partition coefficient (Wildman–Crippen LogP) is 2.49. The van der Waals surface area contributed by atoms with Gasteiger partial charge in [-0.05, 0) is 37.0 Å². The van der Waals surface area contributed by atoms with Gasteiger partial charge in [0.15, 0.2) is 0 Å². The number of benzene rings is 1. The molecule has 3 rings (SSSR count). The third-order valence-corrected chi connectivity index (χ3v) is 3.89. The molecule has 1 aliphatic heterocycles. The molecule has 4 nitrogen and oxygen atoms in total. The molecular formula is C14H16ClN3O. The molecule has 1 N–H and O–H groups in total. The van der Waals surface area contributed by atoms with Gasteiger partial charge < -0.3 is 10.0 Å². The zero-order valence-electron chi connectivity index (χ0n) is 10.6. The Kier molecular flexibility index (Phi) is 3.53. The summed E-state index contributed by atoms with van der Waals surface area (Å²) >= 11 is 6.00. The Labute approximate surface area is 117 Å². The van der Waals surface area contributed by atoms with Crippen LogP contribution in [0.3, 0.4) is 0 Å². The highest BCUT2D eigenvalue weighted by Gasteiger charge is 2.21. The molecule has 100 valence electrons. The predicted molar refractivity (Wildman–Crippen MR) is 76.6 cm³/mol. The SMILES string of the molecule is OC[C@@H]1CCCN(c2ncnc3cc(Cl)ccc23)C1. The number of rotatable bonds is 2. The van der Waals surface area contributed by atoms with Crippen LogP contribution in [0.1, 0.15) is 12.8 Å². The van der Waals surface area contributed by atoms with E-state index in [0.717, 1.165) is 42.7 Å². The van der Waals surface area contributed by atoms with Crippen LogP contribution in [0.4, 0.5) is 5.82 Å². The van der Waals surface area contributed by atoms with Gasteiger partial charge in [0, 0.05) is 30.1 Å². The number of hydrogen-bond donors (Lipinski definition) is 1. The summed E-state index contributed by atoms with van der Waals surface area (Å²) < 4.78 is 0. The van der Waals surface area contributed by atoms with Gasteiger partial charge in [-0.3, -0.25) is 0 Å². The first kappa shape index (κ1) is 12.6. The van der Waals surface area contributed by atoms with Crippen molar-refractivity contribution in [3.8, 4) is 0 Å². The summed E-state index contributed by atoms with van der Waals surface area (Å²) in [4.78, 5) is 10.9. The van der Waals surface area contributed by atoms with Gasteiger partial charge in [0.05, 0.1) is 5.52 Å². The Balaban J connectivity index is 2.00.